The van der Waals surface area contributed by atoms with Crippen LogP contribution in [-0.2, 0) is 13.1 Å². The lowest BCUT2D eigenvalue weighted by Crippen LogP contribution is -2.15. The first-order valence-corrected chi connectivity index (χ1v) is 7.20. The summed E-state index contributed by atoms with van der Waals surface area (Å²) in [6.45, 7) is 4.19. The van der Waals surface area contributed by atoms with Crippen LogP contribution in [0.5, 0.6) is 0 Å². The normalized spacial score (nSPS) is 14.8. The van der Waals surface area contributed by atoms with E-state index in [0.717, 1.165) is 31.4 Å². The van der Waals surface area contributed by atoms with Crippen molar-refractivity contribution >= 4 is 0 Å². The topological polar surface area (TPSA) is 29.9 Å². The van der Waals surface area contributed by atoms with Crippen LogP contribution in [0.2, 0.25) is 0 Å². The molecule has 3 heteroatoms. The highest BCUT2D eigenvalue weighted by atomic mass is 15.1. The number of hydrogen-bond acceptors (Lipinski definition) is 2. The molecule has 0 atom stereocenters. The minimum atomic E-state index is 0.755. The van der Waals surface area contributed by atoms with Crippen molar-refractivity contribution in [3.05, 3.63) is 42.2 Å². The first-order valence-electron chi connectivity index (χ1n) is 7.20. The Balaban J connectivity index is 1.78. The molecule has 1 fully saturated rings. The maximum absolute atomic E-state index is 4.50. The third-order valence-electron chi connectivity index (χ3n) is 3.54. The Morgan fingerprint density at radius 1 is 1.37 bits per heavy atom. The van der Waals surface area contributed by atoms with Gasteiger partial charge in [0.2, 0.25) is 0 Å². The van der Waals surface area contributed by atoms with Gasteiger partial charge in [0, 0.05) is 37.1 Å². The van der Waals surface area contributed by atoms with Gasteiger partial charge in [-0.25, -0.2) is 4.98 Å². The molecule has 1 aromatic carbocycles. The number of aromatic nitrogens is 2. The fourth-order valence-electron chi connectivity index (χ4n) is 2.36. The molecule has 1 N–H and O–H groups in total. The van der Waals surface area contributed by atoms with Crippen molar-refractivity contribution < 1.29 is 0 Å². The Bertz CT molecular complexity index is 540. The summed E-state index contributed by atoms with van der Waals surface area (Å²) in [5.41, 5.74) is 2.56. The number of benzene rings is 1. The molecule has 1 aliphatic carbocycles. The van der Waals surface area contributed by atoms with E-state index in [0.29, 0.717) is 0 Å². The summed E-state index contributed by atoms with van der Waals surface area (Å²) in [6, 6.07) is 9.47. The number of nitrogens with one attached hydrogen (secondary N) is 1. The van der Waals surface area contributed by atoms with Crippen LogP contribution >= 0.6 is 0 Å². The lowest BCUT2D eigenvalue weighted by Gasteiger charge is -2.08. The number of nitrogens with zero attached hydrogens (tertiary/aromatic N) is 2. The van der Waals surface area contributed by atoms with Crippen molar-refractivity contribution in [2.45, 2.75) is 45.3 Å². The molecule has 3 nitrogen and oxygen atoms in total. The monoisotopic (exact) mass is 255 g/mol. The second-order valence-electron chi connectivity index (χ2n) is 5.30. The van der Waals surface area contributed by atoms with E-state index >= 15 is 0 Å². The number of aryl methyl sites for hydroxylation is 1. The van der Waals surface area contributed by atoms with Gasteiger partial charge in [-0.1, -0.05) is 25.1 Å². The first-order chi connectivity index (χ1) is 9.36. The molecule has 0 unspecified atom stereocenters. The Morgan fingerprint density at radius 2 is 2.26 bits per heavy atom. The van der Waals surface area contributed by atoms with E-state index in [4.69, 9.17) is 0 Å². The Hall–Kier alpha value is -1.61. The Kier molecular flexibility index (Phi) is 3.65. The number of hydrogen-bond donors (Lipinski definition) is 1. The van der Waals surface area contributed by atoms with Crippen LogP contribution in [0, 0.1) is 0 Å². The van der Waals surface area contributed by atoms with Gasteiger partial charge >= 0.3 is 0 Å². The van der Waals surface area contributed by atoms with Crippen molar-refractivity contribution in [2.75, 3.05) is 0 Å². The zero-order valence-corrected chi connectivity index (χ0v) is 11.5. The summed E-state index contributed by atoms with van der Waals surface area (Å²) >= 11 is 0. The summed E-state index contributed by atoms with van der Waals surface area (Å²) in [6.07, 6.45) is 7.75. The molecule has 1 heterocycles. The van der Waals surface area contributed by atoms with Gasteiger partial charge < -0.3 is 9.88 Å². The minimum Gasteiger partial charge on any atom is -0.331 e. The highest BCUT2D eigenvalue weighted by molar-refractivity contribution is 5.56. The summed E-state index contributed by atoms with van der Waals surface area (Å²) in [7, 11) is 0. The van der Waals surface area contributed by atoms with Crippen LogP contribution in [0.15, 0.2) is 36.7 Å². The van der Waals surface area contributed by atoms with Crippen molar-refractivity contribution in [3.8, 4) is 11.4 Å². The molecule has 19 heavy (non-hydrogen) atoms. The van der Waals surface area contributed by atoms with Gasteiger partial charge in [0.05, 0.1) is 0 Å². The van der Waals surface area contributed by atoms with Crippen LogP contribution in [0.3, 0.4) is 0 Å². The molecular formula is C16H21N3. The van der Waals surface area contributed by atoms with Crippen LogP contribution < -0.4 is 5.32 Å². The van der Waals surface area contributed by atoms with E-state index in [9.17, 15) is 0 Å². The van der Waals surface area contributed by atoms with Gasteiger partial charge in [-0.3, -0.25) is 0 Å². The van der Waals surface area contributed by atoms with Crippen LogP contribution in [-0.4, -0.2) is 15.6 Å². The van der Waals surface area contributed by atoms with Gasteiger partial charge in [-0.2, -0.15) is 0 Å². The smallest absolute Gasteiger partial charge is 0.139 e. The second-order valence-corrected chi connectivity index (χ2v) is 5.30. The van der Waals surface area contributed by atoms with Crippen molar-refractivity contribution in [1.82, 2.24) is 14.9 Å². The maximum atomic E-state index is 4.50. The molecule has 0 bridgehead atoms. The summed E-state index contributed by atoms with van der Waals surface area (Å²) < 4.78 is 2.23. The number of rotatable bonds is 6. The highest BCUT2D eigenvalue weighted by Gasteiger charge is 2.19. The van der Waals surface area contributed by atoms with E-state index in [1.807, 2.05) is 6.20 Å². The van der Waals surface area contributed by atoms with Crippen molar-refractivity contribution in [2.24, 2.45) is 0 Å². The van der Waals surface area contributed by atoms with Gasteiger partial charge in [-0.15, -0.1) is 0 Å². The molecule has 3 rings (SSSR count). The third-order valence-corrected chi connectivity index (χ3v) is 3.54. The predicted molar refractivity (Wildman–Crippen MR) is 77.8 cm³/mol. The molecule has 0 saturated heterocycles. The van der Waals surface area contributed by atoms with E-state index in [2.05, 4.69) is 52.3 Å². The maximum Gasteiger partial charge on any atom is 0.139 e. The van der Waals surface area contributed by atoms with Crippen molar-refractivity contribution in [1.29, 1.82) is 0 Å². The van der Waals surface area contributed by atoms with E-state index in [1.54, 1.807) is 0 Å². The van der Waals surface area contributed by atoms with Gasteiger partial charge in [-0.05, 0) is 30.9 Å². The molecule has 100 valence electrons. The standard InChI is InChI=1S/C16H21N3/c1-2-9-19-10-8-17-16(19)14-5-3-4-13(11-14)12-18-15-6-7-15/h3-5,8,10-11,15,18H,2,6-7,9,12H2,1H3. The molecule has 0 aliphatic heterocycles. The highest BCUT2D eigenvalue weighted by Crippen LogP contribution is 2.21. The van der Waals surface area contributed by atoms with Crippen LogP contribution in [0.25, 0.3) is 11.4 Å². The molecular weight excluding hydrogens is 234 g/mol. The average molecular weight is 255 g/mol. The zero-order chi connectivity index (χ0) is 13.1. The Morgan fingerprint density at radius 3 is 3.05 bits per heavy atom. The fourth-order valence-corrected chi connectivity index (χ4v) is 2.36. The molecule has 1 aromatic heterocycles. The molecule has 0 amide bonds. The Labute approximate surface area is 114 Å². The van der Waals surface area contributed by atoms with Gasteiger partial charge in [0.25, 0.3) is 0 Å². The molecule has 1 saturated carbocycles. The molecule has 0 radical (unpaired) electrons. The van der Waals surface area contributed by atoms with E-state index < -0.39 is 0 Å². The van der Waals surface area contributed by atoms with Crippen LogP contribution in [0.4, 0.5) is 0 Å². The summed E-state index contributed by atoms with van der Waals surface area (Å²) in [5.74, 6) is 1.08. The van der Waals surface area contributed by atoms with Gasteiger partial charge in [0.1, 0.15) is 5.82 Å². The molecule has 1 aliphatic rings. The van der Waals surface area contributed by atoms with E-state index in [-0.39, 0.29) is 0 Å². The lowest BCUT2D eigenvalue weighted by molar-refractivity contribution is 0.682. The second kappa shape index (κ2) is 5.57. The summed E-state index contributed by atoms with van der Waals surface area (Å²) in [4.78, 5) is 4.50. The quantitative estimate of drug-likeness (QED) is 0.859. The minimum absolute atomic E-state index is 0.755. The van der Waals surface area contributed by atoms with Gasteiger partial charge in [0.15, 0.2) is 0 Å². The first kappa shape index (κ1) is 12.4. The van der Waals surface area contributed by atoms with Crippen LogP contribution in [0.1, 0.15) is 31.7 Å². The summed E-state index contributed by atoms with van der Waals surface area (Å²) in [5, 5.41) is 3.56. The largest absolute Gasteiger partial charge is 0.331 e. The number of imidazole rings is 1. The average Bonchev–Trinajstić information content (AvgIpc) is 3.15. The SMILES string of the molecule is CCCn1ccnc1-c1cccc(CNC2CC2)c1. The van der Waals surface area contributed by atoms with Crippen molar-refractivity contribution in [3.63, 3.8) is 0 Å². The lowest BCUT2D eigenvalue weighted by atomic mass is 10.1. The zero-order valence-electron chi connectivity index (χ0n) is 11.5. The predicted octanol–water partition coefficient (Wildman–Crippen LogP) is 3.21. The van der Waals surface area contributed by atoms with E-state index in [1.165, 1.54) is 24.0 Å². The molecule has 0 spiro atoms. The third kappa shape index (κ3) is 3.04. The fraction of sp³-hybridized carbons (Fsp3) is 0.438. The molecule has 2 aromatic rings.